The molecule has 1 saturated heterocycles. The number of benzene rings is 1. The van der Waals surface area contributed by atoms with Crippen LogP contribution in [-0.4, -0.2) is 98.9 Å². The molecule has 10 nitrogen and oxygen atoms in total. The molecule has 0 N–H and O–H groups in total. The molecular weight excluding hydrogens is 717 g/mol. The molecule has 1 saturated carbocycles. The van der Waals surface area contributed by atoms with Gasteiger partial charge in [-0.25, -0.2) is 9.67 Å². The van der Waals surface area contributed by atoms with Gasteiger partial charge in [0.1, 0.15) is 19.2 Å². The average Bonchev–Trinajstić information content (AvgIpc) is 3.42. The number of imidazole rings is 1. The molecule has 0 spiro atoms. The number of halogens is 1. The predicted octanol–water partition coefficient (Wildman–Crippen LogP) is 7.10. The van der Waals surface area contributed by atoms with Crippen LogP contribution in [0.2, 0.25) is 51.4 Å². The summed E-state index contributed by atoms with van der Waals surface area (Å²) in [5.41, 5.74) is 6.47. The van der Waals surface area contributed by atoms with Gasteiger partial charge in [-0.2, -0.15) is 5.10 Å². The van der Waals surface area contributed by atoms with E-state index in [0.29, 0.717) is 44.6 Å². The number of hydrogen-bond donors (Lipinski definition) is 0. The third-order valence-electron chi connectivity index (χ3n) is 10.8. The van der Waals surface area contributed by atoms with E-state index in [2.05, 4.69) is 82.4 Å². The number of carbonyl (C=O) groups is 1. The van der Waals surface area contributed by atoms with Crippen molar-refractivity contribution in [2.75, 3.05) is 51.5 Å². The lowest BCUT2D eigenvalue weighted by Gasteiger charge is -2.33. The quantitative estimate of drug-likeness (QED) is 0.128. The highest BCUT2D eigenvalue weighted by atomic mass is 79.9. The molecule has 1 amide bonds. The van der Waals surface area contributed by atoms with E-state index in [0.717, 1.165) is 77.3 Å². The van der Waals surface area contributed by atoms with E-state index in [4.69, 9.17) is 24.3 Å². The second-order valence-corrected chi connectivity index (χ2v) is 29.4. The van der Waals surface area contributed by atoms with E-state index in [1.54, 1.807) is 4.90 Å². The maximum Gasteiger partial charge on any atom is 0.243 e. The van der Waals surface area contributed by atoms with Crippen LogP contribution in [0.3, 0.4) is 0 Å². The summed E-state index contributed by atoms with van der Waals surface area (Å²) in [6.45, 7) is 23.8. The summed E-state index contributed by atoms with van der Waals surface area (Å²) in [5.74, 6) is 1.55. The van der Waals surface area contributed by atoms with Crippen LogP contribution in [0.5, 0.6) is 0 Å². The molecule has 3 atom stereocenters. The molecule has 2 aliphatic carbocycles. The van der Waals surface area contributed by atoms with Gasteiger partial charge in [0, 0.05) is 65.2 Å². The Morgan fingerprint density at radius 3 is 2.39 bits per heavy atom. The molecule has 3 aromatic rings. The van der Waals surface area contributed by atoms with E-state index in [1.165, 1.54) is 17.7 Å². The first kappa shape index (κ1) is 36.9. The fourth-order valence-electron chi connectivity index (χ4n) is 7.19. The number of hydrogen-bond acceptors (Lipinski definition) is 7. The maximum absolute atomic E-state index is 13.7. The van der Waals surface area contributed by atoms with Crippen LogP contribution in [0.15, 0.2) is 16.6 Å². The smallest absolute Gasteiger partial charge is 0.243 e. The Bertz CT molecular complexity index is 1670. The number of anilines is 1. The monoisotopic (exact) mass is 772 g/mol. The summed E-state index contributed by atoms with van der Waals surface area (Å²) in [6, 6.07) is 6.10. The number of aromatic nitrogens is 4. The fourth-order valence-corrected chi connectivity index (χ4v) is 9.30. The Kier molecular flexibility index (Phi) is 10.7. The van der Waals surface area contributed by atoms with Crippen LogP contribution in [0.25, 0.3) is 22.6 Å². The van der Waals surface area contributed by atoms with Crippen molar-refractivity contribution in [3.63, 3.8) is 0 Å². The van der Waals surface area contributed by atoms with Gasteiger partial charge in [0.15, 0.2) is 5.82 Å². The lowest BCUT2D eigenvalue weighted by Crippen LogP contribution is -2.50. The van der Waals surface area contributed by atoms with Crippen molar-refractivity contribution in [1.82, 2.24) is 24.2 Å². The van der Waals surface area contributed by atoms with E-state index >= 15 is 0 Å². The number of carbonyl (C=O) groups excluding carboxylic acids is 1. The summed E-state index contributed by atoms with van der Waals surface area (Å²) in [5, 5.41) is 5.27. The average molecular weight is 774 g/mol. The molecular formula is C36H57BrN6O4Si2. The first-order chi connectivity index (χ1) is 23.0. The van der Waals surface area contributed by atoms with Gasteiger partial charge in [-0.3, -0.25) is 14.3 Å². The van der Waals surface area contributed by atoms with Crippen LogP contribution in [0.4, 0.5) is 5.69 Å². The number of morpholine rings is 1. The van der Waals surface area contributed by atoms with E-state index in [9.17, 15) is 4.79 Å². The number of likely N-dealkylation sites (N-methyl/N-ethyl adjacent to an activating group) is 1. The summed E-state index contributed by atoms with van der Waals surface area (Å²) in [6.07, 6.45) is 3.29. The van der Waals surface area contributed by atoms with E-state index in [-0.39, 0.29) is 11.9 Å². The highest BCUT2D eigenvalue weighted by Crippen LogP contribution is 2.60. The van der Waals surface area contributed by atoms with Gasteiger partial charge in [0.25, 0.3) is 0 Å². The Morgan fingerprint density at radius 2 is 1.73 bits per heavy atom. The van der Waals surface area contributed by atoms with Crippen molar-refractivity contribution < 1.29 is 19.0 Å². The van der Waals surface area contributed by atoms with Gasteiger partial charge < -0.3 is 19.1 Å². The van der Waals surface area contributed by atoms with Crippen LogP contribution in [0.1, 0.15) is 31.5 Å². The molecule has 6 rings (SSSR count). The first-order valence-electron chi connectivity index (χ1n) is 18.1. The number of nitrogens with zero attached hydrogens (tertiary/aromatic N) is 6. The third-order valence-corrected chi connectivity index (χ3v) is 14.9. The molecule has 49 heavy (non-hydrogen) atoms. The lowest BCUT2D eigenvalue weighted by molar-refractivity contribution is -0.124. The molecule has 270 valence electrons. The minimum absolute atomic E-state index is 0.0470. The highest BCUT2D eigenvalue weighted by molar-refractivity contribution is 9.10. The zero-order valence-corrected chi connectivity index (χ0v) is 34.8. The highest BCUT2D eigenvalue weighted by Gasteiger charge is 2.54. The van der Waals surface area contributed by atoms with Crippen molar-refractivity contribution in [2.45, 2.75) is 104 Å². The Hall–Kier alpha value is -1.88. The number of amides is 1. The van der Waals surface area contributed by atoms with E-state index in [1.807, 2.05) is 20.0 Å². The van der Waals surface area contributed by atoms with Crippen LogP contribution >= 0.6 is 15.9 Å². The maximum atomic E-state index is 13.7. The number of ether oxygens (including phenoxy) is 3. The molecule has 0 radical (unpaired) electrons. The van der Waals surface area contributed by atoms with Crippen LogP contribution in [-0.2, 0) is 45.3 Å². The van der Waals surface area contributed by atoms with Gasteiger partial charge in [-0.05, 0) is 77.7 Å². The van der Waals surface area contributed by atoms with Crippen LogP contribution < -0.4 is 4.90 Å². The Morgan fingerprint density at radius 1 is 1.08 bits per heavy atom. The lowest BCUT2D eigenvalue weighted by atomic mass is 9.87. The summed E-state index contributed by atoms with van der Waals surface area (Å²) in [4.78, 5) is 23.0. The largest absolute Gasteiger partial charge is 0.379 e. The topological polar surface area (TPSA) is 86.9 Å². The van der Waals surface area contributed by atoms with Gasteiger partial charge >= 0.3 is 0 Å². The second-order valence-electron chi connectivity index (χ2n) is 17.3. The van der Waals surface area contributed by atoms with Crippen molar-refractivity contribution in [1.29, 1.82) is 0 Å². The van der Waals surface area contributed by atoms with Crippen molar-refractivity contribution in [3.05, 3.63) is 27.9 Å². The van der Waals surface area contributed by atoms with Crippen molar-refractivity contribution in [2.24, 2.45) is 11.3 Å². The van der Waals surface area contributed by atoms with E-state index < -0.39 is 16.1 Å². The molecule has 1 aliphatic heterocycles. The summed E-state index contributed by atoms with van der Waals surface area (Å²) < 4.78 is 23.3. The molecule has 13 heteroatoms. The zero-order chi connectivity index (χ0) is 35.3. The molecule has 1 aromatic carbocycles. The van der Waals surface area contributed by atoms with Gasteiger partial charge in [-0.1, -0.05) is 46.2 Å². The number of rotatable bonds is 14. The SMILES string of the molecule is C[C@@H](C(=O)N(C)c1cc2nc(-c3nn(COCC[Si](C)(C)C)c4c3C[C@@H]3C[C@]3(C)C4)n(COCC[Si](C)(C)C)c2cc1Br)N1CCOCC1. The van der Waals surface area contributed by atoms with Crippen molar-refractivity contribution >= 4 is 54.7 Å². The molecule has 2 fully saturated rings. The first-order valence-corrected chi connectivity index (χ1v) is 26.3. The normalized spacial score (nSPS) is 21.9. The predicted molar refractivity (Wildman–Crippen MR) is 206 cm³/mol. The minimum atomic E-state index is -1.26. The second kappa shape index (κ2) is 14.3. The minimum Gasteiger partial charge on any atom is -0.379 e. The zero-order valence-electron chi connectivity index (χ0n) is 31.2. The molecule has 3 aliphatic rings. The molecule has 2 aromatic heterocycles. The number of fused-ring (bicyclic) bond motifs is 3. The molecule has 0 bridgehead atoms. The standard InChI is InChI=1S/C36H57BrN6O4Si2/c1-25(41-10-12-45-13-11-41)35(44)40(3)30-20-29-31(19-28(30)37)42(23-46-14-16-48(4,5)6)34(38-29)33-27-18-26-21-36(26,2)22-32(27)43(39-33)24-47-15-17-49(7,8)9/h19-20,25-26H,10-18,21-24H2,1-9H3/t25-,26+,36+/m0/s1. The van der Waals surface area contributed by atoms with Crippen molar-refractivity contribution in [3.8, 4) is 11.5 Å². The third kappa shape index (κ3) is 8.28. The summed E-state index contributed by atoms with van der Waals surface area (Å²) >= 11 is 3.83. The van der Waals surface area contributed by atoms with Gasteiger partial charge in [0.05, 0.1) is 36.0 Å². The van der Waals surface area contributed by atoms with Gasteiger partial charge in [-0.15, -0.1) is 0 Å². The fraction of sp³-hybridized carbons (Fsp3) is 0.694. The molecule has 3 heterocycles. The summed E-state index contributed by atoms with van der Waals surface area (Å²) in [7, 11) is -0.600. The Balaban J connectivity index is 1.36. The molecule has 0 unspecified atom stereocenters. The van der Waals surface area contributed by atoms with Crippen LogP contribution in [0, 0.1) is 11.3 Å². The Labute approximate surface area is 303 Å². The van der Waals surface area contributed by atoms with Gasteiger partial charge in [0.2, 0.25) is 5.91 Å².